The molecular formula is C15H15NO2. The van der Waals surface area contributed by atoms with Crippen LogP contribution in [0.2, 0.25) is 0 Å². The summed E-state index contributed by atoms with van der Waals surface area (Å²) >= 11 is 0. The van der Waals surface area contributed by atoms with E-state index in [4.69, 9.17) is 10.5 Å². The lowest BCUT2D eigenvalue weighted by atomic mass is 10.0. The number of carbonyl (C=O) groups excluding carboxylic acids is 1. The number of ether oxygens (including phenoxy) is 1. The predicted molar refractivity (Wildman–Crippen MR) is 72.0 cm³/mol. The van der Waals surface area contributed by atoms with E-state index in [1.54, 1.807) is 43.5 Å². The summed E-state index contributed by atoms with van der Waals surface area (Å²) in [6.45, 7) is 1.94. The summed E-state index contributed by atoms with van der Waals surface area (Å²) in [6, 6.07) is 12.4. The third-order valence-electron chi connectivity index (χ3n) is 2.80. The van der Waals surface area contributed by atoms with Crippen LogP contribution < -0.4 is 10.5 Å². The second-order valence-corrected chi connectivity index (χ2v) is 4.15. The maximum Gasteiger partial charge on any atom is 0.195 e. The van der Waals surface area contributed by atoms with Gasteiger partial charge in [-0.15, -0.1) is 0 Å². The highest BCUT2D eigenvalue weighted by atomic mass is 16.5. The molecule has 2 rings (SSSR count). The van der Waals surface area contributed by atoms with Crippen molar-refractivity contribution in [3.63, 3.8) is 0 Å². The van der Waals surface area contributed by atoms with Crippen LogP contribution in [-0.4, -0.2) is 12.9 Å². The fourth-order valence-corrected chi connectivity index (χ4v) is 1.79. The summed E-state index contributed by atoms with van der Waals surface area (Å²) in [4.78, 5) is 12.3. The van der Waals surface area contributed by atoms with Gasteiger partial charge in [0.25, 0.3) is 0 Å². The van der Waals surface area contributed by atoms with Crippen LogP contribution in [0.3, 0.4) is 0 Å². The molecule has 3 heteroatoms. The normalized spacial score (nSPS) is 10.1. The number of nitrogen functional groups attached to an aromatic ring is 1. The van der Waals surface area contributed by atoms with Crippen molar-refractivity contribution < 1.29 is 9.53 Å². The smallest absolute Gasteiger partial charge is 0.195 e. The molecule has 0 amide bonds. The van der Waals surface area contributed by atoms with E-state index >= 15 is 0 Å². The molecule has 0 saturated carbocycles. The summed E-state index contributed by atoms with van der Waals surface area (Å²) < 4.78 is 5.06. The van der Waals surface area contributed by atoms with E-state index in [9.17, 15) is 4.79 Å². The predicted octanol–water partition coefficient (Wildman–Crippen LogP) is 2.82. The minimum absolute atomic E-state index is 0.0739. The van der Waals surface area contributed by atoms with Crippen molar-refractivity contribution in [3.8, 4) is 5.75 Å². The largest absolute Gasteiger partial charge is 0.497 e. The fraction of sp³-hybridized carbons (Fsp3) is 0.133. The summed E-state index contributed by atoms with van der Waals surface area (Å²) in [7, 11) is 1.59. The second-order valence-electron chi connectivity index (χ2n) is 4.15. The molecule has 0 aromatic heterocycles. The summed E-state index contributed by atoms with van der Waals surface area (Å²) in [5, 5.41) is 0. The van der Waals surface area contributed by atoms with Crippen molar-refractivity contribution in [2.24, 2.45) is 0 Å². The van der Waals surface area contributed by atoms with Crippen molar-refractivity contribution >= 4 is 11.5 Å². The highest BCUT2D eigenvalue weighted by Crippen LogP contribution is 2.19. The quantitative estimate of drug-likeness (QED) is 0.664. The van der Waals surface area contributed by atoms with Gasteiger partial charge < -0.3 is 10.5 Å². The lowest BCUT2D eigenvalue weighted by Crippen LogP contribution is -2.05. The third-order valence-corrected chi connectivity index (χ3v) is 2.80. The number of methoxy groups -OCH3 is 1. The van der Waals surface area contributed by atoms with Crippen molar-refractivity contribution in [1.29, 1.82) is 0 Å². The molecule has 0 unspecified atom stereocenters. The Balaban J connectivity index is 2.35. The second kappa shape index (κ2) is 4.92. The van der Waals surface area contributed by atoms with E-state index in [0.29, 0.717) is 16.8 Å². The van der Waals surface area contributed by atoms with Crippen molar-refractivity contribution in [2.75, 3.05) is 12.8 Å². The van der Waals surface area contributed by atoms with Gasteiger partial charge in [-0.2, -0.15) is 0 Å². The topological polar surface area (TPSA) is 52.3 Å². The molecule has 0 bridgehead atoms. The zero-order valence-corrected chi connectivity index (χ0v) is 10.4. The van der Waals surface area contributed by atoms with Crippen LogP contribution in [0.5, 0.6) is 5.75 Å². The molecule has 2 aromatic carbocycles. The van der Waals surface area contributed by atoms with Gasteiger partial charge >= 0.3 is 0 Å². The maximum atomic E-state index is 12.3. The first-order chi connectivity index (χ1) is 8.61. The molecule has 0 aliphatic carbocycles. The molecule has 18 heavy (non-hydrogen) atoms. The molecule has 0 radical (unpaired) electrons. The molecule has 0 aliphatic heterocycles. The van der Waals surface area contributed by atoms with Gasteiger partial charge in [0.05, 0.1) is 7.11 Å². The van der Waals surface area contributed by atoms with Gasteiger partial charge in [0.15, 0.2) is 5.78 Å². The number of hydrogen-bond acceptors (Lipinski definition) is 3. The Bertz CT molecular complexity index is 574. The van der Waals surface area contributed by atoms with E-state index in [1.165, 1.54) is 0 Å². The Hall–Kier alpha value is -2.29. The first-order valence-corrected chi connectivity index (χ1v) is 5.66. The fourth-order valence-electron chi connectivity index (χ4n) is 1.79. The van der Waals surface area contributed by atoms with Gasteiger partial charge in [0, 0.05) is 16.8 Å². The summed E-state index contributed by atoms with van der Waals surface area (Å²) in [5.74, 6) is 0.651. The number of aryl methyl sites for hydroxylation is 1. The number of ketones is 1. The summed E-state index contributed by atoms with van der Waals surface area (Å²) in [6.07, 6.45) is 0. The Labute approximate surface area is 106 Å². The highest BCUT2D eigenvalue weighted by molar-refractivity contribution is 6.12. The minimum atomic E-state index is -0.0739. The first kappa shape index (κ1) is 12.2. The number of rotatable bonds is 3. The van der Waals surface area contributed by atoms with Crippen LogP contribution in [0, 0.1) is 6.92 Å². The lowest BCUT2D eigenvalue weighted by molar-refractivity contribution is 0.103. The molecule has 92 valence electrons. The van der Waals surface area contributed by atoms with E-state index < -0.39 is 0 Å². The first-order valence-electron chi connectivity index (χ1n) is 5.66. The lowest BCUT2D eigenvalue weighted by Gasteiger charge is -2.06. The standard InChI is InChI=1S/C15H15NO2/c1-10-3-8-13(14(16)9-10)15(17)11-4-6-12(18-2)7-5-11/h3-9H,16H2,1-2H3. The van der Waals surface area contributed by atoms with Gasteiger partial charge in [-0.3, -0.25) is 4.79 Å². The van der Waals surface area contributed by atoms with E-state index in [1.807, 2.05) is 13.0 Å². The number of anilines is 1. The zero-order valence-electron chi connectivity index (χ0n) is 10.4. The molecule has 0 atom stereocenters. The van der Waals surface area contributed by atoms with Crippen LogP contribution in [0.4, 0.5) is 5.69 Å². The Kier molecular flexibility index (Phi) is 3.33. The Morgan fingerprint density at radius 1 is 1.11 bits per heavy atom. The average Bonchev–Trinajstić information content (AvgIpc) is 2.38. The highest BCUT2D eigenvalue weighted by Gasteiger charge is 2.12. The van der Waals surface area contributed by atoms with Gasteiger partial charge in [0.2, 0.25) is 0 Å². The number of hydrogen-bond donors (Lipinski definition) is 1. The molecule has 2 N–H and O–H groups in total. The molecule has 0 fully saturated rings. The van der Waals surface area contributed by atoms with E-state index in [-0.39, 0.29) is 5.78 Å². The molecule has 0 aliphatic rings. The van der Waals surface area contributed by atoms with Crippen molar-refractivity contribution in [1.82, 2.24) is 0 Å². The van der Waals surface area contributed by atoms with Gasteiger partial charge in [-0.25, -0.2) is 0 Å². The van der Waals surface area contributed by atoms with Crippen LogP contribution in [0.25, 0.3) is 0 Å². The molecular weight excluding hydrogens is 226 g/mol. The number of carbonyl (C=O) groups is 1. The molecule has 0 saturated heterocycles. The van der Waals surface area contributed by atoms with Crippen LogP contribution in [0.15, 0.2) is 42.5 Å². The van der Waals surface area contributed by atoms with Gasteiger partial charge in [0.1, 0.15) is 5.75 Å². The monoisotopic (exact) mass is 241 g/mol. The average molecular weight is 241 g/mol. The maximum absolute atomic E-state index is 12.3. The Morgan fingerprint density at radius 2 is 1.78 bits per heavy atom. The molecule has 2 aromatic rings. The van der Waals surface area contributed by atoms with Crippen LogP contribution in [0.1, 0.15) is 21.5 Å². The minimum Gasteiger partial charge on any atom is -0.497 e. The number of nitrogens with two attached hydrogens (primary N) is 1. The third kappa shape index (κ3) is 2.35. The zero-order chi connectivity index (χ0) is 13.1. The Morgan fingerprint density at radius 3 is 2.33 bits per heavy atom. The SMILES string of the molecule is COc1ccc(C(=O)c2ccc(C)cc2N)cc1. The van der Waals surface area contributed by atoms with Crippen LogP contribution >= 0.6 is 0 Å². The van der Waals surface area contributed by atoms with Gasteiger partial charge in [-0.05, 0) is 48.9 Å². The van der Waals surface area contributed by atoms with Crippen molar-refractivity contribution in [3.05, 3.63) is 59.2 Å². The van der Waals surface area contributed by atoms with Gasteiger partial charge in [-0.1, -0.05) is 6.07 Å². The van der Waals surface area contributed by atoms with Crippen LogP contribution in [-0.2, 0) is 0 Å². The molecule has 0 heterocycles. The molecule has 3 nitrogen and oxygen atoms in total. The summed E-state index contributed by atoms with van der Waals surface area (Å²) in [5.41, 5.74) is 8.56. The van der Waals surface area contributed by atoms with E-state index in [0.717, 1.165) is 11.3 Å². The number of benzene rings is 2. The van der Waals surface area contributed by atoms with E-state index in [2.05, 4.69) is 0 Å². The van der Waals surface area contributed by atoms with Crippen molar-refractivity contribution in [2.45, 2.75) is 6.92 Å². The molecule has 0 spiro atoms.